The van der Waals surface area contributed by atoms with Crippen LogP contribution in [-0.2, 0) is 4.79 Å². The van der Waals surface area contributed by atoms with Crippen molar-refractivity contribution in [2.45, 2.75) is 10.6 Å². The SMILES string of the molecule is O=C(CSc1nc2ccccc2s1)Nc1ccc2c(c1)OC(F)(F)O2. The van der Waals surface area contributed by atoms with Crippen molar-refractivity contribution in [2.75, 3.05) is 11.1 Å². The predicted molar refractivity (Wildman–Crippen MR) is 91.6 cm³/mol. The summed E-state index contributed by atoms with van der Waals surface area (Å²) in [6.07, 6.45) is -3.67. The number of hydrogen-bond donors (Lipinski definition) is 1. The third kappa shape index (κ3) is 3.52. The van der Waals surface area contributed by atoms with Crippen molar-refractivity contribution < 1.29 is 23.0 Å². The number of aromatic nitrogens is 1. The number of amides is 1. The molecule has 3 aromatic rings. The number of para-hydroxylation sites is 1. The fraction of sp³-hybridized carbons (Fsp3) is 0.125. The van der Waals surface area contributed by atoms with Gasteiger partial charge >= 0.3 is 6.29 Å². The lowest BCUT2D eigenvalue weighted by molar-refractivity contribution is -0.286. The van der Waals surface area contributed by atoms with Gasteiger partial charge in [0.1, 0.15) is 0 Å². The van der Waals surface area contributed by atoms with E-state index in [1.807, 2.05) is 24.3 Å². The van der Waals surface area contributed by atoms with Crippen LogP contribution in [0.4, 0.5) is 14.5 Å². The molecule has 2 aromatic carbocycles. The van der Waals surface area contributed by atoms with Gasteiger partial charge < -0.3 is 14.8 Å². The molecule has 25 heavy (non-hydrogen) atoms. The van der Waals surface area contributed by atoms with E-state index in [0.29, 0.717) is 5.69 Å². The van der Waals surface area contributed by atoms with Crippen molar-refractivity contribution in [3.8, 4) is 11.5 Å². The number of hydrogen-bond acceptors (Lipinski definition) is 6. The lowest BCUT2D eigenvalue weighted by Crippen LogP contribution is -2.25. The topological polar surface area (TPSA) is 60.5 Å². The number of ether oxygens (including phenoxy) is 2. The molecular formula is C16H10F2N2O3S2. The first-order chi connectivity index (χ1) is 12.0. The van der Waals surface area contributed by atoms with Gasteiger partial charge in [-0.05, 0) is 24.3 Å². The van der Waals surface area contributed by atoms with Gasteiger partial charge in [0, 0.05) is 11.8 Å². The molecule has 0 bridgehead atoms. The van der Waals surface area contributed by atoms with Crippen LogP contribution in [0.15, 0.2) is 46.8 Å². The van der Waals surface area contributed by atoms with Gasteiger partial charge in [0.25, 0.3) is 0 Å². The summed E-state index contributed by atoms with van der Waals surface area (Å²) < 4.78 is 36.5. The molecule has 0 radical (unpaired) electrons. The van der Waals surface area contributed by atoms with Crippen molar-refractivity contribution >= 4 is 44.9 Å². The number of fused-ring (bicyclic) bond motifs is 2. The van der Waals surface area contributed by atoms with Crippen LogP contribution >= 0.6 is 23.1 Å². The van der Waals surface area contributed by atoms with E-state index in [1.54, 1.807) is 0 Å². The zero-order valence-corrected chi connectivity index (χ0v) is 14.1. The van der Waals surface area contributed by atoms with Crippen LogP contribution in [0.3, 0.4) is 0 Å². The molecule has 1 aromatic heterocycles. The van der Waals surface area contributed by atoms with Gasteiger partial charge in [-0.2, -0.15) is 0 Å². The molecule has 0 unspecified atom stereocenters. The maximum Gasteiger partial charge on any atom is 0.586 e. The zero-order chi connectivity index (χ0) is 17.4. The summed E-state index contributed by atoms with van der Waals surface area (Å²) in [5, 5.41) is 2.64. The van der Waals surface area contributed by atoms with E-state index in [0.717, 1.165) is 14.6 Å². The van der Waals surface area contributed by atoms with E-state index < -0.39 is 6.29 Å². The number of rotatable bonds is 4. The molecule has 2 heterocycles. The van der Waals surface area contributed by atoms with Crippen LogP contribution in [0, 0.1) is 0 Å². The maximum atomic E-state index is 13.0. The summed E-state index contributed by atoms with van der Waals surface area (Å²) in [6, 6.07) is 11.8. The molecule has 1 amide bonds. The summed E-state index contributed by atoms with van der Waals surface area (Å²) in [4.78, 5) is 16.5. The summed E-state index contributed by atoms with van der Waals surface area (Å²) in [5.41, 5.74) is 1.25. The third-order valence-electron chi connectivity index (χ3n) is 3.29. The first kappa shape index (κ1) is 16.1. The quantitative estimate of drug-likeness (QED) is 0.682. The molecule has 128 valence electrons. The molecule has 9 heteroatoms. The number of anilines is 1. The number of nitrogens with zero attached hydrogens (tertiary/aromatic N) is 1. The van der Waals surface area contributed by atoms with E-state index in [9.17, 15) is 13.6 Å². The molecule has 0 atom stereocenters. The smallest absolute Gasteiger partial charge is 0.395 e. The van der Waals surface area contributed by atoms with Crippen LogP contribution in [0.2, 0.25) is 0 Å². The highest BCUT2D eigenvalue weighted by Gasteiger charge is 2.43. The van der Waals surface area contributed by atoms with Gasteiger partial charge in [0.05, 0.1) is 16.0 Å². The minimum Gasteiger partial charge on any atom is -0.395 e. The molecule has 0 spiro atoms. The molecule has 0 fully saturated rings. The van der Waals surface area contributed by atoms with Gasteiger partial charge in [0.15, 0.2) is 15.8 Å². The molecule has 0 aliphatic carbocycles. The van der Waals surface area contributed by atoms with E-state index in [-0.39, 0.29) is 23.2 Å². The van der Waals surface area contributed by atoms with Crippen molar-refractivity contribution in [2.24, 2.45) is 0 Å². The Morgan fingerprint density at radius 3 is 2.84 bits per heavy atom. The van der Waals surface area contributed by atoms with E-state index >= 15 is 0 Å². The first-order valence-corrected chi connectivity index (χ1v) is 8.97. The minimum absolute atomic E-state index is 0.0631. The highest BCUT2D eigenvalue weighted by atomic mass is 32.2. The molecule has 4 rings (SSSR count). The molecule has 0 saturated heterocycles. The van der Waals surface area contributed by atoms with Crippen LogP contribution in [0.5, 0.6) is 11.5 Å². The summed E-state index contributed by atoms with van der Waals surface area (Å²) in [7, 11) is 0. The normalized spacial score (nSPS) is 14.6. The summed E-state index contributed by atoms with van der Waals surface area (Å²) >= 11 is 2.83. The van der Waals surface area contributed by atoms with Gasteiger partial charge in [-0.25, -0.2) is 4.98 Å². The van der Waals surface area contributed by atoms with Crippen LogP contribution < -0.4 is 14.8 Å². The Kier molecular flexibility index (Phi) is 3.97. The summed E-state index contributed by atoms with van der Waals surface area (Å²) in [5.74, 6) is -0.284. The number of carbonyl (C=O) groups is 1. The van der Waals surface area contributed by atoms with Crippen LogP contribution in [0.25, 0.3) is 10.2 Å². The van der Waals surface area contributed by atoms with Gasteiger partial charge in [-0.3, -0.25) is 4.79 Å². The number of halogens is 2. The lowest BCUT2D eigenvalue weighted by atomic mass is 10.3. The Hall–Kier alpha value is -2.39. The Balaban J connectivity index is 1.38. The third-order valence-corrected chi connectivity index (χ3v) is 5.47. The Bertz CT molecular complexity index is 928. The molecule has 1 aliphatic rings. The van der Waals surface area contributed by atoms with Crippen LogP contribution in [-0.4, -0.2) is 22.9 Å². The Morgan fingerprint density at radius 1 is 1.20 bits per heavy atom. The molecular weight excluding hydrogens is 370 g/mol. The largest absolute Gasteiger partial charge is 0.586 e. The minimum atomic E-state index is -3.67. The van der Waals surface area contributed by atoms with Crippen molar-refractivity contribution in [1.29, 1.82) is 0 Å². The molecule has 5 nitrogen and oxygen atoms in total. The highest BCUT2D eigenvalue weighted by molar-refractivity contribution is 8.01. The number of thioether (sulfide) groups is 1. The highest BCUT2D eigenvalue weighted by Crippen LogP contribution is 2.42. The maximum absolute atomic E-state index is 13.0. The number of alkyl halides is 2. The lowest BCUT2D eigenvalue weighted by Gasteiger charge is -2.05. The van der Waals surface area contributed by atoms with Crippen molar-refractivity contribution in [3.05, 3.63) is 42.5 Å². The average Bonchev–Trinajstić information content (AvgIpc) is 3.11. The van der Waals surface area contributed by atoms with Crippen LogP contribution in [0.1, 0.15) is 0 Å². The molecule has 1 aliphatic heterocycles. The number of benzene rings is 2. The van der Waals surface area contributed by atoms with E-state index in [2.05, 4.69) is 19.8 Å². The first-order valence-electron chi connectivity index (χ1n) is 7.17. The molecule has 1 N–H and O–H groups in total. The second kappa shape index (κ2) is 6.16. The van der Waals surface area contributed by atoms with Crippen molar-refractivity contribution in [3.63, 3.8) is 0 Å². The average molecular weight is 380 g/mol. The number of carbonyl (C=O) groups excluding carboxylic acids is 1. The van der Waals surface area contributed by atoms with Gasteiger partial charge in [0.2, 0.25) is 5.91 Å². The van der Waals surface area contributed by atoms with E-state index in [1.165, 1.54) is 41.3 Å². The standard InChI is InChI=1S/C16H10F2N2O3S2/c17-16(18)22-11-6-5-9(7-12(11)23-16)19-14(21)8-24-15-20-10-3-1-2-4-13(10)25-15/h1-7H,8H2,(H,19,21). The summed E-state index contributed by atoms with van der Waals surface area (Å²) in [6.45, 7) is 0. The van der Waals surface area contributed by atoms with Gasteiger partial charge in [-0.15, -0.1) is 20.1 Å². The van der Waals surface area contributed by atoms with Crippen molar-refractivity contribution in [1.82, 2.24) is 4.98 Å². The number of thiazole rings is 1. The fourth-order valence-corrected chi connectivity index (χ4v) is 4.13. The molecule has 0 saturated carbocycles. The van der Waals surface area contributed by atoms with E-state index in [4.69, 9.17) is 0 Å². The Morgan fingerprint density at radius 2 is 2.00 bits per heavy atom. The Labute approximate surface area is 149 Å². The fourth-order valence-electron chi connectivity index (χ4n) is 2.26. The zero-order valence-electron chi connectivity index (χ0n) is 12.5. The number of nitrogens with one attached hydrogen (secondary N) is 1. The monoisotopic (exact) mass is 380 g/mol. The van der Waals surface area contributed by atoms with Gasteiger partial charge in [-0.1, -0.05) is 23.9 Å². The predicted octanol–water partition coefficient (Wildman–Crippen LogP) is 4.35. The second-order valence-corrected chi connectivity index (χ2v) is 7.37. The second-order valence-electron chi connectivity index (χ2n) is 5.11.